The summed E-state index contributed by atoms with van der Waals surface area (Å²) in [6.07, 6.45) is 2.47. The number of benzene rings is 3. The number of aromatic nitrogens is 2. The fourth-order valence-corrected chi connectivity index (χ4v) is 5.33. The zero-order valence-corrected chi connectivity index (χ0v) is 17.9. The Morgan fingerprint density at radius 2 is 1.53 bits per heavy atom. The van der Waals surface area contributed by atoms with Crippen LogP contribution < -0.4 is 5.32 Å². The molecule has 0 spiro atoms. The van der Waals surface area contributed by atoms with Crippen LogP contribution in [0.1, 0.15) is 12.8 Å². The third-order valence-electron chi connectivity index (χ3n) is 5.53. The lowest BCUT2D eigenvalue weighted by molar-refractivity contribution is 0.438. The van der Waals surface area contributed by atoms with Crippen LogP contribution in [-0.4, -0.2) is 33.4 Å². The van der Waals surface area contributed by atoms with Crippen LogP contribution in [-0.2, 0) is 0 Å². The predicted octanol–water partition coefficient (Wildman–Crippen LogP) is 6.10. The van der Waals surface area contributed by atoms with E-state index in [0.29, 0.717) is 10.5 Å². The molecule has 0 atom stereocenters. The van der Waals surface area contributed by atoms with E-state index in [4.69, 9.17) is 11.6 Å². The van der Waals surface area contributed by atoms with Gasteiger partial charge < -0.3 is 15.4 Å². The molecule has 30 heavy (non-hydrogen) atoms. The molecule has 1 aliphatic heterocycles. The van der Waals surface area contributed by atoms with Gasteiger partial charge in [-0.15, -0.1) is 11.8 Å². The fourth-order valence-electron chi connectivity index (χ4n) is 3.91. The maximum Gasteiger partial charge on any atom is 0.292 e. The molecule has 0 saturated carbocycles. The smallest absolute Gasteiger partial charge is 0.292 e. The number of hydrogen-bond donors (Lipinski definition) is 3. The van der Waals surface area contributed by atoms with Crippen molar-refractivity contribution in [1.29, 1.82) is 0 Å². The summed E-state index contributed by atoms with van der Waals surface area (Å²) in [5.74, 6) is 0. The summed E-state index contributed by atoms with van der Waals surface area (Å²) in [6, 6.07) is 20.8. The van der Waals surface area contributed by atoms with Gasteiger partial charge in [-0.3, -0.25) is 0 Å². The Morgan fingerprint density at radius 1 is 0.900 bits per heavy atom. The lowest BCUT2D eigenvalue weighted by atomic mass is 10.00. The molecule has 6 heteroatoms. The van der Waals surface area contributed by atoms with E-state index < -0.39 is 0 Å². The van der Waals surface area contributed by atoms with Crippen molar-refractivity contribution < 1.29 is 5.11 Å². The number of aromatic hydroxyl groups is 1. The van der Waals surface area contributed by atoms with Crippen LogP contribution in [0.4, 0.5) is 0 Å². The number of rotatable bonds is 4. The van der Waals surface area contributed by atoms with Gasteiger partial charge in [0, 0.05) is 15.7 Å². The Kier molecular flexibility index (Phi) is 5.42. The molecule has 152 valence electrons. The zero-order valence-electron chi connectivity index (χ0n) is 16.4. The molecule has 2 heterocycles. The molecule has 1 aromatic heterocycles. The van der Waals surface area contributed by atoms with Gasteiger partial charge in [0.1, 0.15) is 0 Å². The van der Waals surface area contributed by atoms with Crippen molar-refractivity contribution in [2.45, 2.75) is 23.0 Å². The quantitative estimate of drug-likeness (QED) is 0.362. The average molecular weight is 436 g/mol. The predicted molar refractivity (Wildman–Crippen MR) is 125 cm³/mol. The van der Waals surface area contributed by atoms with Crippen LogP contribution in [0.3, 0.4) is 0 Å². The Labute approximate surface area is 184 Å². The van der Waals surface area contributed by atoms with Gasteiger partial charge in [0.2, 0.25) is 0 Å². The van der Waals surface area contributed by atoms with Gasteiger partial charge in [-0.1, -0.05) is 48.0 Å². The number of aromatic amines is 1. The minimum Gasteiger partial charge on any atom is -0.480 e. The van der Waals surface area contributed by atoms with Crippen LogP contribution >= 0.6 is 23.4 Å². The largest absolute Gasteiger partial charge is 0.480 e. The molecule has 0 unspecified atom stereocenters. The molecule has 0 aliphatic carbocycles. The third-order valence-corrected chi connectivity index (χ3v) is 7.19. The van der Waals surface area contributed by atoms with Crippen LogP contribution in [0.5, 0.6) is 6.01 Å². The van der Waals surface area contributed by atoms with Crippen molar-refractivity contribution in [1.82, 2.24) is 15.3 Å². The Hall–Kier alpha value is -2.47. The minimum absolute atomic E-state index is 0.102. The lowest BCUT2D eigenvalue weighted by Gasteiger charge is -2.22. The van der Waals surface area contributed by atoms with E-state index in [1.807, 2.05) is 17.8 Å². The molecule has 3 aromatic carbocycles. The van der Waals surface area contributed by atoms with Crippen molar-refractivity contribution in [3.05, 3.63) is 65.7 Å². The van der Waals surface area contributed by atoms with E-state index in [2.05, 4.69) is 63.8 Å². The number of hydrogen-bond acceptors (Lipinski definition) is 4. The summed E-state index contributed by atoms with van der Waals surface area (Å²) >= 11 is 8.46. The number of thioether (sulfide) groups is 1. The highest BCUT2D eigenvalue weighted by Crippen LogP contribution is 2.34. The molecule has 0 amide bonds. The van der Waals surface area contributed by atoms with Crippen molar-refractivity contribution in [2.75, 3.05) is 13.1 Å². The van der Waals surface area contributed by atoms with E-state index in [1.54, 1.807) is 6.07 Å². The highest BCUT2D eigenvalue weighted by atomic mass is 35.5. The molecule has 1 saturated heterocycles. The molecule has 0 radical (unpaired) electrons. The number of nitrogens with one attached hydrogen (secondary N) is 2. The standard InChI is InChI=1S/C24H22ClN3OS/c25-21-14-23-22(27-24(29)28-23)13-20(21)17-3-1-15(2-4-17)16-5-7-18(8-6-16)30-19-9-11-26-12-10-19/h1-8,13-14,19,26H,9-12H2,(H2,27,28,29). The average Bonchev–Trinajstić information content (AvgIpc) is 3.13. The first kappa shape index (κ1) is 19.5. The molecular weight excluding hydrogens is 414 g/mol. The second-order valence-electron chi connectivity index (χ2n) is 7.58. The van der Waals surface area contributed by atoms with Gasteiger partial charge in [-0.2, -0.15) is 4.98 Å². The van der Waals surface area contributed by atoms with Crippen molar-refractivity contribution >= 4 is 34.4 Å². The van der Waals surface area contributed by atoms with Crippen molar-refractivity contribution in [2.24, 2.45) is 0 Å². The topological polar surface area (TPSA) is 60.9 Å². The summed E-state index contributed by atoms with van der Waals surface area (Å²) in [6.45, 7) is 2.25. The summed E-state index contributed by atoms with van der Waals surface area (Å²) < 4.78 is 0. The normalized spacial score (nSPS) is 15.0. The molecular formula is C24H22ClN3OS. The molecule has 4 nitrogen and oxygen atoms in total. The van der Waals surface area contributed by atoms with Crippen molar-refractivity contribution in [3.63, 3.8) is 0 Å². The number of halogens is 1. The highest BCUT2D eigenvalue weighted by Gasteiger charge is 2.14. The number of fused-ring (bicyclic) bond motifs is 1. The van der Waals surface area contributed by atoms with E-state index in [0.717, 1.165) is 35.0 Å². The van der Waals surface area contributed by atoms with Gasteiger partial charge >= 0.3 is 0 Å². The fraction of sp³-hybridized carbons (Fsp3) is 0.208. The van der Waals surface area contributed by atoms with Gasteiger partial charge in [0.05, 0.1) is 16.1 Å². The molecule has 3 N–H and O–H groups in total. The van der Waals surface area contributed by atoms with Crippen LogP contribution in [0, 0.1) is 0 Å². The number of H-pyrrole nitrogens is 1. The van der Waals surface area contributed by atoms with Crippen molar-refractivity contribution in [3.8, 4) is 28.3 Å². The van der Waals surface area contributed by atoms with Gasteiger partial charge in [-0.05, 0) is 66.9 Å². The maximum absolute atomic E-state index is 9.57. The molecule has 1 aliphatic rings. The zero-order chi connectivity index (χ0) is 20.5. The molecule has 0 bridgehead atoms. The Bertz CT molecular complexity index is 1170. The SMILES string of the molecule is Oc1nc2cc(-c3ccc(-c4ccc(SC5CCNCC5)cc4)cc3)c(Cl)cc2[nH]1. The lowest BCUT2D eigenvalue weighted by Crippen LogP contribution is -2.29. The molecule has 4 aromatic rings. The summed E-state index contributed by atoms with van der Waals surface area (Å²) in [5.41, 5.74) is 5.71. The van der Waals surface area contributed by atoms with E-state index in [-0.39, 0.29) is 6.01 Å². The number of imidazole rings is 1. The summed E-state index contributed by atoms with van der Waals surface area (Å²) in [4.78, 5) is 8.22. The third kappa shape index (κ3) is 4.06. The van der Waals surface area contributed by atoms with Gasteiger partial charge in [0.25, 0.3) is 6.01 Å². The van der Waals surface area contributed by atoms with E-state index in [9.17, 15) is 5.11 Å². The van der Waals surface area contributed by atoms with E-state index in [1.165, 1.54) is 28.9 Å². The molecule has 1 fully saturated rings. The van der Waals surface area contributed by atoms with Gasteiger partial charge in [0.15, 0.2) is 0 Å². The van der Waals surface area contributed by atoms with Crippen LogP contribution in [0.15, 0.2) is 65.6 Å². The van der Waals surface area contributed by atoms with Crippen LogP contribution in [0.25, 0.3) is 33.3 Å². The first-order valence-corrected chi connectivity index (χ1v) is 11.4. The first-order valence-electron chi connectivity index (χ1n) is 10.1. The molecule has 5 rings (SSSR count). The second-order valence-corrected chi connectivity index (χ2v) is 9.36. The number of piperidine rings is 1. The van der Waals surface area contributed by atoms with Crippen LogP contribution in [0.2, 0.25) is 5.02 Å². The van der Waals surface area contributed by atoms with E-state index >= 15 is 0 Å². The number of nitrogens with zero attached hydrogens (tertiary/aromatic N) is 1. The minimum atomic E-state index is -0.102. The van der Waals surface area contributed by atoms with Gasteiger partial charge in [-0.25, -0.2) is 0 Å². The maximum atomic E-state index is 9.57. The summed E-state index contributed by atoms with van der Waals surface area (Å²) in [7, 11) is 0. The monoisotopic (exact) mass is 435 g/mol. The summed E-state index contributed by atoms with van der Waals surface area (Å²) in [5, 5.41) is 14.3. The second kappa shape index (κ2) is 8.34. The Balaban J connectivity index is 1.35. The first-order chi connectivity index (χ1) is 14.7. The Morgan fingerprint density at radius 3 is 2.23 bits per heavy atom. The highest BCUT2D eigenvalue weighted by molar-refractivity contribution is 8.00.